The summed E-state index contributed by atoms with van der Waals surface area (Å²) in [4.78, 5) is 30.4. The Balaban J connectivity index is 2.22. The van der Waals surface area contributed by atoms with E-state index < -0.39 is 5.97 Å². The number of imidazole rings is 1. The van der Waals surface area contributed by atoms with Gasteiger partial charge in [-0.2, -0.15) is 0 Å². The van der Waals surface area contributed by atoms with E-state index in [2.05, 4.69) is 27.6 Å². The number of fused-ring (bicyclic) bond motifs is 3. The van der Waals surface area contributed by atoms with Gasteiger partial charge in [-0.1, -0.05) is 6.07 Å². The Bertz CT molecular complexity index is 769. The van der Waals surface area contributed by atoms with Crippen LogP contribution in [0.15, 0.2) is 24.5 Å². The number of esters is 1. The molecule has 2 heterocycles. The summed E-state index contributed by atoms with van der Waals surface area (Å²) >= 11 is 2.15. The minimum absolute atomic E-state index is 0.0708. The molecule has 22 heavy (non-hydrogen) atoms. The van der Waals surface area contributed by atoms with Crippen LogP contribution in [0.1, 0.15) is 33.5 Å². The Morgan fingerprint density at radius 2 is 2.23 bits per heavy atom. The lowest BCUT2D eigenvalue weighted by atomic mass is 10.1. The molecule has 1 amide bonds. The predicted molar refractivity (Wildman–Crippen MR) is 88.0 cm³/mol. The highest BCUT2D eigenvalue weighted by molar-refractivity contribution is 14.1. The van der Waals surface area contributed by atoms with E-state index in [0.29, 0.717) is 17.8 Å². The summed E-state index contributed by atoms with van der Waals surface area (Å²) in [6, 6.07) is 5.63. The largest absolute Gasteiger partial charge is 0.461 e. The minimum Gasteiger partial charge on any atom is -0.461 e. The van der Waals surface area contributed by atoms with Crippen molar-refractivity contribution in [2.24, 2.45) is 0 Å². The Kier molecular flexibility index (Phi) is 3.90. The predicted octanol–water partition coefficient (Wildman–Crippen LogP) is 2.24. The van der Waals surface area contributed by atoms with E-state index in [0.717, 1.165) is 9.26 Å². The normalized spacial score (nSPS) is 13.4. The van der Waals surface area contributed by atoms with Crippen molar-refractivity contribution in [3.8, 4) is 5.69 Å². The van der Waals surface area contributed by atoms with E-state index in [9.17, 15) is 9.59 Å². The second-order valence-electron chi connectivity index (χ2n) is 4.93. The van der Waals surface area contributed by atoms with Crippen molar-refractivity contribution in [2.45, 2.75) is 13.5 Å². The SMILES string of the molecule is CCOC(=O)c1ncn2c1CN(C)C(=O)c1c([123I])cccc1-2. The van der Waals surface area contributed by atoms with Crippen LogP contribution in [0.2, 0.25) is 0 Å². The smallest absolute Gasteiger partial charge is 0.358 e. The maximum Gasteiger partial charge on any atom is 0.358 e. The molecule has 1 aromatic carbocycles. The lowest BCUT2D eigenvalue weighted by Crippen LogP contribution is -2.26. The maximum absolute atomic E-state index is 12.6. The van der Waals surface area contributed by atoms with E-state index in [-0.39, 0.29) is 18.2 Å². The Labute approximate surface area is 141 Å². The first-order valence-corrected chi connectivity index (χ1v) is 7.90. The number of benzene rings is 1. The number of hydrogen-bond acceptors (Lipinski definition) is 4. The van der Waals surface area contributed by atoms with Gasteiger partial charge in [-0.15, -0.1) is 0 Å². The van der Waals surface area contributed by atoms with Crippen molar-refractivity contribution in [3.63, 3.8) is 0 Å². The van der Waals surface area contributed by atoms with E-state index in [1.807, 2.05) is 18.2 Å². The molecule has 0 N–H and O–H groups in total. The minimum atomic E-state index is -0.467. The molecule has 114 valence electrons. The zero-order chi connectivity index (χ0) is 15.9. The molecular weight excluding hydrogens is 393 g/mol. The van der Waals surface area contributed by atoms with E-state index in [1.54, 1.807) is 29.8 Å². The summed E-state index contributed by atoms with van der Waals surface area (Å²) in [7, 11) is 1.72. The second-order valence-corrected chi connectivity index (χ2v) is 6.09. The molecule has 0 atom stereocenters. The lowest BCUT2D eigenvalue weighted by molar-refractivity contribution is 0.0516. The molecular formula is C15H14IN3O3. The number of carbonyl (C=O) groups excluding carboxylic acids is 2. The molecule has 7 heteroatoms. The molecule has 0 bridgehead atoms. The fraction of sp³-hybridized carbons (Fsp3) is 0.267. The molecule has 6 nitrogen and oxygen atoms in total. The monoisotopic (exact) mass is 407 g/mol. The molecule has 1 aromatic heterocycles. The Morgan fingerprint density at radius 1 is 1.45 bits per heavy atom. The maximum atomic E-state index is 12.6. The van der Waals surface area contributed by atoms with Gasteiger partial charge in [0.25, 0.3) is 5.91 Å². The first-order valence-electron chi connectivity index (χ1n) is 6.82. The third kappa shape index (κ3) is 2.29. The fourth-order valence-corrected chi connectivity index (χ4v) is 3.23. The quantitative estimate of drug-likeness (QED) is 0.566. The summed E-state index contributed by atoms with van der Waals surface area (Å²) in [6.45, 7) is 2.34. The van der Waals surface area contributed by atoms with Crippen molar-refractivity contribution in [2.75, 3.05) is 13.7 Å². The van der Waals surface area contributed by atoms with Crippen LogP contribution in [-0.4, -0.2) is 40.0 Å². The lowest BCUT2D eigenvalue weighted by Gasteiger charge is -2.15. The van der Waals surface area contributed by atoms with Gasteiger partial charge in [0, 0.05) is 10.6 Å². The third-order valence-corrected chi connectivity index (χ3v) is 4.43. The number of nitrogens with zero attached hydrogens (tertiary/aromatic N) is 3. The Morgan fingerprint density at radius 3 is 2.95 bits per heavy atom. The van der Waals surface area contributed by atoms with Crippen LogP contribution >= 0.6 is 22.6 Å². The number of carbonyl (C=O) groups is 2. The van der Waals surface area contributed by atoms with Crippen LogP contribution in [0, 0.1) is 3.57 Å². The van der Waals surface area contributed by atoms with Gasteiger partial charge >= 0.3 is 5.97 Å². The third-order valence-electron chi connectivity index (χ3n) is 3.53. The van der Waals surface area contributed by atoms with Crippen LogP contribution in [0.4, 0.5) is 0 Å². The van der Waals surface area contributed by atoms with Gasteiger partial charge in [0.15, 0.2) is 5.69 Å². The zero-order valence-electron chi connectivity index (χ0n) is 12.2. The van der Waals surface area contributed by atoms with Crippen molar-refractivity contribution in [3.05, 3.63) is 45.0 Å². The average molecular weight is 407 g/mol. The summed E-state index contributed by atoms with van der Waals surface area (Å²) < 4.78 is 7.71. The van der Waals surface area contributed by atoms with Gasteiger partial charge < -0.3 is 9.64 Å². The van der Waals surface area contributed by atoms with Crippen molar-refractivity contribution in [1.82, 2.24) is 14.5 Å². The standard InChI is InChI=1S/C15H14IN3O3/c1-3-22-15(21)13-11-7-18(2)14(20)12-9(16)5-4-6-10(12)19(11)8-17-13/h4-6,8H,3,7H2,1-2H3/i16-4. The fourth-order valence-electron chi connectivity index (χ4n) is 2.51. The summed E-state index contributed by atoms with van der Waals surface area (Å²) in [6.07, 6.45) is 1.57. The van der Waals surface area contributed by atoms with Crippen molar-refractivity contribution < 1.29 is 14.3 Å². The molecule has 0 radical (unpaired) electrons. The summed E-state index contributed by atoms with van der Waals surface area (Å²) in [5.74, 6) is -0.537. The summed E-state index contributed by atoms with van der Waals surface area (Å²) in [5.41, 5.74) is 2.28. The van der Waals surface area contributed by atoms with Gasteiger partial charge in [-0.05, 0) is 41.6 Å². The van der Waals surface area contributed by atoms with E-state index >= 15 is 0 Å². The van der Waals surface area contributed by atoms with Crippen LogP contribution in [0.5, 0.6) is 0 Å². The highest BCUT2D eigenvalue weighted by Crippen LogP contribution is 2.28. The molecule has 0 saturated carbocycles. The van der Waals surface area contributed by atoms with Crippen LogP contribution in [-0.2, 0) is 11.3 Å². The molecule has 3 rings (SSSR count). The zero-order valence-corrected chi connectivity index (χ0v) is 14.3. The van der Waals surface area contributed by atoms with Gasteiger partial charge in [-0.25, -0.2) is 9.78 Å². The van der Waals surface area contributed by atoms with Crippen LogP contribution < -0.4 is 0 Å². The molecule has 2 aromatic rings. The van der Waals surface area contributed by atoms with Gasteiger partial charge in [0.05, 0.1) is 30.1 Å². The molecule has 0 fully saturated rings. The van der Waals surface area contributed by atoms with Gasteiger partial charge in [-0.3, -0.25) is 9.36 Å². The highest BCUT2D eigenvalue weighted by atomic mass is 123. The molecule has 1 aliphatic rings. The highest BCUT2D eigenvalue weighted by Gasteiger charge is 2.29. The van der Waals surface area contributed by atoms with Crippen molar-refractivity contribution >= 4 is 34.5 Å². The molecule has 0 spiro atoms. The number of rotatable bonds is 2. The van der Waals surface area contributed by atoms with Gasteiger partial charge in [0.1, 0.15) is 6.33 Å². The molecule has 1 aliphatic heterocycles. The topological polar surface area (TPSA) is 64.4 Å². The van der Waals surface area contributed by atoms with Crippen LogP contribution in [0.3, 0.4) is 0 Å². The molecule has 0 unspecified atom stereocenters. The van der Waals surface area contributed by atoms with Gasteiger partial charge in [0.2, 0.25) is 0 Å². The number of hydrogen-bond donors (Lipinski definition) is 0. The number of aromatic nitrogens is 2. The second kappa shape index (κ2) is 5.71. The van der Waals surface area contributed by atoms with Crippen molar-refractivity contribution in [1.29, 1.82) is 0 Å². The molecule has 0 aliphatic carbocycles. The van der Waals surface area contributed by atoms with E-state index in [1.165, 1.54) is 0 Å². The summed E-state index contributed by atoms with van der Waals surface area (Å²) in [5, 5.41) is 0. The number of halogens is 1. The Hall–Kier alpha value is -1.90. The first-order chi connectivity index (χ1) is 10.5. The molecule has 0 saturated heterocycles. The van der Waals surface area contributed by atoms with Crippen LogP contribution in [0.25, 0.3) is 5.69 Å². The average Bonchev–Trinajstić information content (AvgIpc) is 2.85. The van der Waals surface area contributed by atoms with E-state index in [4.69, 9.17) is 4.74 Å². The number of ether oxygens (including phenoxy) is 1. The first kappa shape index (κ1) is 15.0. The number of amides is 1.